The molecule has 0 aromatic heterocycles. The van der Waals surface area contributed by atoms with Crippen molar-refractivity contribution >= 4 is 13.2 Å². The third-order valence-corrected chi connectivity index (χ3v) is 7.36. The SMILES string of the molecule is CCCCCCP(CCCCCC)c1cccc(C)c1C. The van der Waals surface area contributed by atoms with Gasteiger partial charge in [-0.15, -0.1) is 0 Å². The number of rotatable bonds is 11. The summed E-state index contributed by atoms with van der Waals surface area (Å²) in [6, 6.07) is 6.94. The first-order valence-corrected chi connectivity index (χ1v) is 10.7. The molecule has 0 amide bonds. The molecule has 0 saturated heterocycles. The lowest BCUT2D eigenvalue weighted by Crippen LogP contribution is -2.11. The van der Waals surface area contributed by atoms with Crippen molar-refractivity contribution in [3.05, 3.63) is 29.3 Å². The van der Waals surface area contributed by atoms with Gasteiger partial charge >= 0.3 is 0 Å². The van der Waals surface area contributed by atoms with Gasteiger partial charge in [-0.1, -0.05) is 78.5 Å². The molecule has 0 aliphatic heterocycles. The van der Waals surface area contributed by atoms with E-state index in [2.05, 4.69) is 45.9 Å². The molecule has 0 saturated carbocycles. The Hall–Kier alpha value is -0.350. The summed E-state index contributed by atoms with van der Waals surface area (Å²) in [5.41, 5.74) is 3.04. The minimum Gasteiger partial charge on any atom is -0.0750 e. The minimum atomic E-state index is 0.0740. The summed E-state index contributed by atoms with van der Waals surface area (Å²) in [5.74, 6) is 0. The zero-order chi connectivity index (χ0) is 15.5. The van der Waals surface area contributed by atoms with Crippen molar-refractivity contribution < 1.29 is 0 Å². The largest absolute Gasteiger partial charge is 0.0750 e. The molecule has 21 heavy (non-hydrogen) atoms. The van der Waals surface area contributed by atoms with E-state index in [1.165, 1.54) is 69.3 Å². The molecule has 0 bridgehead atoms. The zero-order valence-corrected chi connectivity index (χ0v) is 15.6. The van der Waals surface area contributed by atoms with Crippen LogP contribution >= 0.6 is 7.92 Å². The summed E-state index contributed by atoms with van der Waals surface area (Å²) in [6.45, 7) is 9.20. The van der Waals surface area contributed by atoms with Crippen LogP contribution in [-0.4, -0.2) is 12.3 Å². The average molecular weight is 306 g/mol. The average Bonchev–Trinajstić information content (AvgIpc) is 2.49. The van der Waals surface area contributed by atoms with E-state index < -0.39 is 0 Å². The Kier molecular flexibility index (Phi) is 10.0. The molecular formula is C20H35P. The molecule has 0 N–H and O–H groups in total. The van der Waals surface area contributed by atoms with Crippen LogP contribution in [0.4, 0.5) is 0 Å². The fraction of sp³-hybridized carbons (Fsp3) is 0.700. The third-order valence-electron chi connectivity index (χ3n) is 4.48. The number of unbranched alkanes of at least 4 members (excludes halogenated alkanes) is 6. The van der Waals surface area contributed by atoms with E-state index in [4.69, 9.17) is 0 Å². The highest BCUT2D eigenvalue weighted by atomic mass is 31.1. The van der Waals surface area contributed by atoms with Gasteiger partial charge in [0.2, 0.25) is 0 Å². The van der Waals surface area contributed by atoms with Crippen molar-refractivity contribution in [2.45, 2.75) is 79.1 Å². The summed E-state index contributed by atoms with van der Waals surface area (Å²) < 4.78 is 0. The molecule has 0 radical (unpaired) electrons. The van der Waals surface area contributed by atoms with Crippen LogP contribution in [0.5, 0.6) is 0 Å². The Balaban J connectivity index is 2.63. The molecule has 0 aliphatic carbocycles. The van der Waals surface area contributed by atoms with E-state index in [1.807, 2.05) is 0 Å². The van der Waals surface area contributed by atoms with Gasteiger partial charge in [-0.2, -0.15) is 0 Å². The van der Waals surface area contributed by atoms with Crippen LogP contribution in [0.2, 0.25) is 0 Å². The minimum absolute atomic E-state index is 0.0740. The Bertz CT molecular complexity index is 371. The Morgan fingerprint density at radius 2 is 1.33 bits per heavy atom. The summed E-state index contributed by atoms with van der Waals surface area (Å²) in [7, 11) is 0.0740. The standard InChI is InChI=1S/C20H35P/c1-5-7-9-11-16-21(17-12-10-8-6-2)20-15-13-14-18(3)19(20)4/h13-15H,5-12,16-17H2,1-4H3. The van der Waals surface area contributed by atoms with E-state index in [9.17, 15) is 0 Å². The number of benzene rings is 1. The molecule has 0 aliphatic rings. The van der Waals surface area contributed by atoms with Crippen molar-refractivity contribution in [1.29, 1.82) is 0 Å². The highest BCUT2D eigenvalue weighted by molar-refractivity contribution is 7.65. The van der Waals surface area contributed by atoms with Gasteiger partial charge in [0, 0.05) is 0 Å². The third kappa shape index (κ3) is 6.96. The first-order valence-electron chi connectivity index (χ1n) is 9.01. The second-order valence-corrected chi connectivity index (χ2v) is 8.78. The van der Waals surface area contributed by atoms with Gasteiger partial charge in [0.05, 0.1) is 0 Å². The molecule has 0 nitrogen and oxygen atoms in total. The lowest BCUT2D eigenvalue weighted by Gasteiger charge is -2.21. The lowest BCUT2D eigenvalue weighted by molar-refractivity contribution is 0.697. The molecule has 0 unspecified atom stereocenters. The predicted octanol–water partition coefficient (Wildman–Crippen LogP) is 6.57. The highest BCUT2D eigenvalue weighted by Gasteiger charge is 2.13. The summed E-state index contributed by atoms with van der Waals surface area (Å²) in [6.07, 6.45) is 14.1. The molecule has 0 spiro atoms. The summed E-state index contributed by atoms with van der Waals surface area (Å²) in [5, 5.41) is 1.69. The van der Waals surface area contributed by atoms with Gasteiger partial charge in [0.15, 0.2) is 0 Å². The van der Waals surface area contributed by atoms with Gasteiger partial charge < -0.3 is 0 Å². The predicted molar refractivity (Wildman–Crippen MR) is 100 cm³/mol. The van der Waals surface area contributed by atoms with Gasteiger partial charge in [-0.25, -0.2) is 0 Å². The second kappa shape index (κ2) is 11.2. The van der Waals surface area contributed by atoms with Crippen LogP contribution in [-0.2, 0) is 0 Å². The van der Waals surface area contributed by atoms with E-state index >= 15 is 0 Å². The van der Waals surface area contributed by atoms with Crippen LogP contribution in [0, 0.1) is 13.8 Å². The topological polar surface area (TPSA) is 0 Å². The van der Waals surface area contributed by atoms with Crippen LogP contribution in [0.1, 0.15) is 76.3 Å². The molecule has 1 aromatic carbocycles. The van der Waals surface area contributed by atoms with Gasteiger partial charge in [-0.3, -0.25) is 0 Å². The van der Waals surface area contributed by atoms with Crippen LogP contribution in [0.3, 0.4) is 0 Å². The Morgan fingerprint density at radius 1 is 0.762 bits per heavy atom. The van der Waals surface area contributed by atoms with E-state index in [0.29, 0.717) is 0 Å². The summed E-state index contributed by atoms with van der Waals surface area (Å²) in [4.78, 5) is 0. The van der Waals surface area contributed by atoms with Crippen molar-refractivity contribution in [2.75, 3.05) is 12.3 Å². The van der Waals surface area contributed by atoms with Crippen molar-refractivity contribution in [1.82, 2.24) is 0 Å². The zero-order valence-electron chi connectivity index (χ0n) is 14.8. The van der Waals surface area contributed by atoms with E-state index in [0.717, 1.165) is 0 Å². The molecule has 1 heteroatoms. The first-order chi connectivity index (χ1) is 10.2. The van der Waals surface area contributed by atoms with E-state index in [-0.39, 0.29) is 7.92 Å². The Labute approximate surface area is 134 Å². The fourth-order valence-corrected chi connectivity index (χ4v) is 5.75. The lowest BCUT2D eigenvalue weighted by atomic mass is 10.1. The van der Waals surface area contributed by atoms with Gasteiger partial charge in [-0.05, 0) is 55.4 Å². The van der Waals surface area contributed by atoms with Crippen LogP contribution in [0.15, 0.2) is 18.2 Å². The maximum atomic E-state index is 2.41. The molecule has 1 aromatic rings. The van der Waals surface area contributed by atoms with Crippen LogP contribution < -0.4 is 5.30 Å². The van der Waals surface area contributed by atoms with Crippen molar-refractivity contribution in [3.8, 4) is 0 Å². The maximum Gasteiger partial charge on any atom is -0.0209 e. The normalized spacial score (nSPS) is 11.3. The molecular weight excluding hydrogens is 271 g/mol. The van der Waals surface area contributed by atoms with Gasteiger partial charge in [0.1, 0.15) is 0 Å². The number of hydrogen-bond acceptors (Lipinski definition) is 0. The molecule has 0 fully saturated rings. The maximum absolute atomic E-state index is 2.41. The molecule has 1 rings (SSSR count). The Morgan fingerprint density at radius 3 is 1.86 bits per heavy atom. The molecule has 0 atom stereocenters. The number of hydrogen-bond donors (Lipinski definition) is 0. The smallest absolute Gasteiger partial charge is 0.0209 e. The molecule has 120 valence electrons. The van der Waals surface area contributed by atoms with Crippen LogP contribution in [0.25, 0.3) is 0 Å². The van der Waals surface area contributed by atoms with Gasteiger partial charge in [0.25, 0.3) is 0 Å². The first kappa shape index (κ1) is 18.7. The monoisotopic (exact) mass is 306 g/mol. The fourth-order valence-electron chi connectivity index (χ4n) is 2.89. The van der Waals surface area contributed by atoms with E-state index in [1.54, 1.807) is 10.9 Å². The molecule has 0 heterocycles. The number of aryl methyl sites for hydroxylation is 1. The van der Waals surface area contributed by atoms with Crippen molar-refractivity contribution in [2.24, 2.45) is 0 Å². The highest BCUT2D eigenvalue weighted by Crippen LogP contribution is 2.38. The quantitative estimate of drug-likeness (QED) is 0.320. The van der Waals surface area contributed by atoms with Crippen molar-refractivity contribution in [3.63, 3.8) is 0 Å². The second-order valence-electron chi connectivity index (χ2n) is 6.33. The summed E-state index contributed by atoms with van der Waals surface area (Å²) >= 11 is 0.